The average Bonchev–Trinajstić information content (AvgIpc) is 2.57. The summed E-state index contributed by atoms with van der Waals surface area (Å²) in [6.45, 7) is 3.63. The van der Waals surface area contributed by atoms with Gasteiger partial charge < -0.3 is 19.5 Å². The van der Waals surface area contributed by atoms with E-state index in [4.69, 9.17) is 25.8 Å². The maximum Gasteiger partial charge on any atom is 0.331 e. The Kier molecular flexibility index (Phi) is 8.84. The second-order valence-corrected chi connectivity index (χ2v) is 5.84. The van der Waals surface area contributed by atoms with E-state index in [1.165, 1.54) is 26.4 Å². The molecule has 1 rings (SSSR count). The van der Waals surface area contributed by atoms with Crippen molar-refractivity contribution in [3.63, 3.8) is 0 Å². The predicted molar refractivity (Wildman–Crippen MR) is 97.1 cm³/mol. The SMILES string of the molecule is CCCC(C)NC(=O)COC(=O)C=Cc1cc(Cl)c(OC)c(OC)c1. The minimum atomic E-state index is -0.621. The van der Waals surface area contributed by atoms with E-state index in [1.807, 2.05) is 13.8 Å². The third kappa shape index (κ3) is 7.05. The lowest BCUT2D eigenvalue weighted by atomic mass is 10.2. The fraction of sp³-hybridized carbons (Fsp3) is 0.444. The highest BCUT2D eigenvalue weighted by molar-refractivity contribution is 6.32. The monoisotopic (exact) mass is 369 g/mol. The van der Waals surface area contributed by atoms with Gasteiger partial charge in [-0.25, -0.2) is 4.79 Å². The van der Waals surface area contributed by atoms with Gasteiger partial charge in [-0.3, -0.25) is 4.79 Å². The zero-order chi connectivity index (χ0) is 18.8. The van der Waals surface area contributed by atoms with E-state index in [1.54, 1.807) is 12.1 Å². The maximum absolute atomic E-state index is 11.7. The minimum Gasteiger partial charge on any atom is -0.493 e. The van der Waals surface area contributed by atoms with Crippen molar-refractivity contribution >= 4 is 29.6 Å². The molecule has 0 fully saturated rings. The number of ether oxygens (including phenoxy) is 3. The Hall–Kier alpha value is -2.21. The summed E-state index contributed by atoms with van der Waals surface area (Å²) in [5.74, 6) is -0.0740. The van der Waals surface area contributed by atoms with Gasteiger partial charge in [0.05, 0.1) is 19.2 Å². The van der Waals surface area contributed by atoms with E-state index >= 15 is 0 Å². The van der Waals surface area contributed by atoms with Crippen LogP contribution in [-0.2, 0) is 14.3 Å². The van der Waals surface area contributed by atoms with Gasteiger partial charge in [-0.1, -0.05) is 24.9 Å². The summed E-state index contributed by atoms with van der Waals surface area (Å²) in [5, 5.41) is 3.12. The lowest BCUT2D eigenvalue weighted by Crippen LogP contribution is -2.35. The summed E-state index contributed by atoms with van der Waals surface area (Å²) in [6.07, 6.45) is 4.59. The summed E-state index contributed by atoms with van der Waals surface area (Å²) in [5.41, 5.74) is 0.639. The first kappa shape index (κ1) is 20.8. The normalized spacial score (nSPS) is 11.9. The second kappa shape index (κ2) is 10.6. The van der Waals surface area contributed by atoms with Crippen LogP contribution in [0.5, 0.6) is 11.5 Å². The van der Waals surface area contributed by atoms with Gasteiger partial charge in [0.25, 0.3) is 5.91 Å². The molecule has 1 aromatic carbocycles. The zero-order valence-electron chi connectivity index (χ0n) is 14.9. The smallest absolute Gasteiger partial charge is 0.331 e. The van der Waals surface area contributed by atoms with Gasteiger partial charge in [0.2, 0.25) is 0 Å². The molecule has 1 N–H and O–H groups in total. The van der Waals surface area contributed by atoms with E-state index in [9.17, 15) is 9.59 Å². The van der Waals surface area contributed by atoms with E-state index in [2.05, 4.69) is 5.32 Å². The highest BCUT2D eigenvalue weighted by Gasteiger charge is 2.11. The Morgan fingerprint density at radius 2 is 2.00 bits per heavy atom. The Balaban J connectivity index is 2.60. The molecule has 0 aliphatic carbocycles. The van der Waals surface area contributed by atoms with Gasteiger partial charge in [0.1, 0.15) is 0 Å². The molecule has 0 spiro atoms. The number of hydrogen-bond donors (Lipinski definition) is 1. The molecule has 1 unspecified atom stereocenters. The molecule has 0 aliphatic rings. The highest BCUT2D eigenvalue weighted by atomic mass is 35.5. The van der Waals surface area contributed by atoms with Crippen molar-refractivity contribution in [3.05, 3.63) is 28.8 Å². The lowest BCUT2D eigenvalue weighted by Gasteiger charge is -2.12. The average molecular weight is 370 g/mol. The molecule has 0 bridgehead atoms. The minimum absolute atomic E-state index is 0.0562. The van der Waals surface area contributed by atoms with Crippen LogP contribution >= 0.6 is 11.6 Å². The molecular weight excluding hydrogens is 346 g/mol. The van der Waals surface area contributed by atoms with Crippen LogP contribution in [0, 0.1) is 0 Å². The van der Waals surface area contributed by atoms with Crippen molar-refractivity contribution in [2.75, 3.05) is 20.8 Å². The number of carbonyl (C=O) groups is 2. The summed E-state index contributed by atoms with van der Waals surface area (Å²) in [6, 6.07) is 3.36. The number of hydrogen-bond acceptors (Lipinski definition) is 5. The van der Waals surface area contributed by atoms with Crippen LogP contribution < -0.4 is 14.8 Å². The zero-order valence-corrected chi connectivity index (χ0v) is 15.7. The number of benzene rings is 1. The van der Waals surface area contributed by atoms with Gasteiger partial charge in [0, 0.05) is 12.1 Å². The van der Waals surface area contributed by atoms with E-state index in [0.717, 1.165) is 12.8 Å². The number of halogens is 1. The van der Waals surface area contributed by atoms with Crippen molar-refractivity contribution in [1.29, 1.82) is 0 Å². The molecule has 138 valence electrons. The first-order chi connectivity index (χ1) is 11.9. The van der Waals surface area contributed by atoms with Crippen LogP contribution in [0.4, 0.5) is 0 Å². The molecule has 0 saturated carbocycles. The van der Waals surface area contributed by atoms with Crippen molar-refractivity contribution in [2.24, 2.45) is 0 Å². The Bertz CT molecular complexity index is 630. The topological polar surface area (TPSA) is 73.9 Å². The molecule has 0 aromatic heterocycles. The second-order valence-electron chi connectivity index (χ2n) is 5.44. The largest absolute Gasteiger partial charge is 0.493 e. The first-order valence-electron chi connectivity index (χ1n) is 7.97. The number of methoxy groups -OCH3 is 2. The molecule has 1 amide bonds. The molecule has 6 nitrogen and oxygen atoms in total. The molecule has 0 saturated heterocycles. The van der Waals surface area contributed by atoms with E-state index in [0.29, 0.717) is 22.1 Å². The quantitative estimate of drug-likeness (QED) is 0.534. The Morgan fingerprint density at radius 1 is 1.28 bits per heavy atom. The van der Waals surface area contributed by atoms with Gasteiger partial charge in [-0.15, -0.1) is 0 Å². The third-order valence-corrected chi connectivity index (χ3v) is 3.62. The number of esters is 1. The van der Waals surface area contributed by atoms with Crippen molar-refractivity contribution in [1.82, 2.24) is 5.32 Å². The molecule has 0 radical (unpaired) electrons. The maximum atomic E-state index is 11.7. The van der Waals surface area contributed by atoms with Crippen LogP contribution in [0.25, 0.3) is 6.08 Å². The lowest BCUT2D eigenvalue weighted by molar-refractivity contribution is -0.144. The van der Waals surface area contributed by atoms with Crippen LogP contribution in [0.1, 0.15) is 32.3 Å². The van der Waals surface area contributed by atoms with Gasteiger partial charge in [-0.05, 0) is 37.1 Å². The van der Waals surface area contributed by atoms with Crippen molar-refractivity contribution in [3.8, 4) is 11.5 Å². The van der Waals surface area contributed by atoms with Crippen LogP contribution in [0.15, 0.2) is 18.2 Å². The van der Waals surface area contributed by atoms with Crippen molar-refractivity contribution in [2.45, 2.75) is 32.7 Å². The van der Waals surface area contributed by atoms with Gasteiger partial charge in [0.15, 0.2) is 18.1 Å². The number of rotatable bonds is 9. The highest BCUT2D eigenvalue weighted by Crippen LogP contribution is 2.36. The fourth-order valence-electron chi connectivity index (χ4n) is 2.20. The van der Waals surface area contributed by atoms with Crippen LogP contribution in [0.2, 0.25) is 5.02 Å². The number of amides is 1. The van der Waals surface area contributed by atoms with E-state index in [-0.39, 0.29) is 18.6 Å². The van der Waals surface area contributed by atoms with Crippen LogP contribution in [0.3, 0.4) is 0 Å². The van der Waals surface area contributed by atoms with Crippen LogP contribution in [-0.4, -0.2) is 38.7 Å². The molecular formula is C18H24ClNO5. The van der Waals surface area contributed by atoms with Crippen molar-refractivity contribution < 1.29 is 23.8 Å². The number of carbonyl (C=O) groups excluding carboxylic acids is 2. The summed E-state index contributed by atoms with van der Waals surface area (Å²) in [7, 11) is 2.98. The van der Waals surface area contributed by atoms with Gasteiger partial charge in [-0.2, -0.15) is 0 Å². The fourth-order valence-corrected chi connectivity index (χ4v) is 2.50. The first-order valence-corrected chi connectivity index (χ1v) is 8.34. The Morgan fingerprint density at radius 3 is 2.60 bits per heavy atom. The number of nitrogens with one attached hydrogen (secondary N) is 1. The van der Waals surface area contributed by atoms with E-state index < -0.39 is 5.97 Å². The summed E-state index contributed by atoms with van der Waals surface area (Å²) < 4.78 is 15.2. The summed E-state index contributed by atoms with van der Waals surface area (Å²) >= 11 is 6.10. The van der Waals surface area contributed by atoms with Gasteiger partial charge >= 0.3 is 5.97 Å². The third-order valence-electron chi connectivity index (χ3n) is 3.34. The Labute approximate surface area is 153 Å². The summed E-state index contributed by atoms with van der Waals surface area (Å²) in [4.78, 5) is 23.4. The molecule has 0 aliphatic heterocycles. The molecule has 1 atom stereocenters. The predicted octanol–water partition coefficient (Wildman–Crippen LogP) is 3.22. The molecule has 25 heavy (non-hydrogen) atoms. The standard InChI is InChI=1S/C18H24ClNO5/c1-5-6-12(2)20-16(21)11-25-17(22)8-7-13-9-14(19)18(24-4)15(10-13)23-3/h7-10,12H,5-6,11H2,1-4H3,(H,20,21). The molecule has 0 heterocycles. The molecule has 1 aromatic rings. The molecule has 7 heteroatoms.